The number of nitrogens with one attached hydrogen (secondary N) is 1. The number of nitrogen functional groups attached to an aromatic ring is 1. The van der Waals surface area contributed by atoms with Crippen molar-refractivity contribution in [3.05, 3.63) is 52.7 Å². The number of fused-ring (bicyclic) bond motifs is 4. The molecule has 5 N–H and O–H groups in total. The third-order valence-electron chi connectivity index (χ3n) is 9.19. The number of nitrogens with zero attached hydrogens (tertiary/aromatic N) is 1. The van der Waals surface area contributed by atoms with Crippen LogP contribution in [-0.2, 0) is 18.3 Å². The standard InChI is InChI=1S/C26H27N3O3/c27-15-4-5-18-16(10-15)17-11-26(31)20-9-14-3-6-19(30)23-21(14)25(26,24(32-23)22(17)28-18)7-8-29(20)12-13-1-2-13/h3-6,10,13,20,24,28,30-31H,1-2,7-9,11-12,27H2/t20?,24?,25-,26+/m0/s1. The van der Waals surface area contributed by atoms with Gasteiger partial charge in [-0.25, -0.2) is 0 Å². The van der Waals surface area contributed by atoms with E-state index in [0.717, 1.165) is 65.3 Å². The van der Waals surface area contributed by atoms with Crippen LogP contribution in [0.4, 0.5) is 5.69 Å². The third-order valence-corrected chi connectivity index (χ3v) is 9.19. The molecular weight excluding hydrogens is 402 g/mol. The first kappa shape index (κ1) is 17.8. The van der Waals surface area contributed by atoms with Crippen molar-refractivity contribution in [2.75, 3.05) is 18.8 Å². The van der Waals surface area contributed by atoms with Crippen LogP contribution >= 0.6 is 0 Å². The predicted octanol–water partition coefficient (Wildman–Crippen LogP) is 3.15. The molecule has 6 nitrogen and oxygen atoms in total. The Kier molecular flexibility index (Phi) is 3.02. The average molecular weight is 430 g/mol. The van der Waals surface area contributed by atoms with E-state index in [1.54, 1.807) is 6.07 Å². The maximum absolute atomic E-state index is 12.8. The summed E-state index contributed by atoms with van der Waals surface area (Å²) in [6.07, 6.45) is 4.48. The third kappa shape index (κ3) is 1.88. The van der Waals surface area contributed by atoms with Gasteiger partial charge >= 0.3 is 0 Å². The molecule has 2 aromatic carbocycles. The van der Waals surface area contributed by atoms with E-state index in [1.807, 2.05) is 18.2 Å². The molecule has 2 bridgehead atoms. The number of phenolic OH excluding ortho intramolecular Hbond substituents is 1. The van der Waals surface area contributed by atoms with Gasteiger partial charge in [-0.15, -0.1) is 0 Å². The second-order valence-electron chi connectivity index (χ2n) is 10.7. The van der Waals surface area contributed by atoms with Gasteiger partial charge in [0.05, 0.1) is 16.7 Å². The van der Waals surface area contributed by atoms with E-state index in [2.05, 4.69) is 16.0 Å². The summed E-state index contributed by atoms with van der Waals surface area (Å²) in [5.74, 6) is 1.52. The van der Waals surface area contributed by atoms with E-state index in [9.17, 15) is 10.2 Å². The fourth-order valence-corrected chi connectivity index (χ4v) is 7.64. The molecule has 6 heteroatoms. The number of aliphatic hydroxyl groups is 1. The number of benzene rings is 2. The summed E-state index contributed by atoms with van der Waals surface area (Å²) < 4.78 is 6.60. The van der Waals surface area contributed by atoms with Crippen molar-refractivity contribution in [1.29, 1.82) is 0 Å². The first-order chi connectivity index (χ1) is 15.5. The van der Waals surface area contributed by atoms with Gasteiger partial charge in [-0.1, -0.05) is 6.07 Å². The van der Waals surface area contributed by atoms with Crippen LogP contribution in [0.5, 0.6) is 11.5 Å². The number of rotatable bonds is 2. The van der Waals surface area contributed by atoms with E-state index in [1.165, 1.54) is 18.4 Å². The zero-order valence-corrected chi connectivity index (χ0v) is 17.9. The molecule has 3 heterocycles. The van der Waals surface area contributed by atoms with Gasteiger partial charge in [-0.05, 0) is 73.5 Å². The number of phenols is 1. The molecule has 3 aromatic rings. The second kappa shape index (κ2) is 5.43. The summed E-state index contributed by atoms with van der Waals surface area (Å²) in [6.45, 7) is 2.03. The Bertz CT molecular complexity index is 1330. The lowest BCUT2D eigenvalue weighted by molar-refractivity contribution is -0.173. The molecule has 1 aromatic heterocycles. The van der Waals surface area contributed by atoms with Gasteiger partial charge in [-0.2, -0.15) is 0 Å². The smallest absolute Gasteiger partial charge is 0.166 e. The van der Waals surface area contributed by atoms with Crippen molar-refractivity contribution in [1.82, 2.24) is 9.88 Å². The molecule has 32 heavy (non-hydrogen) atoms. The van der Waals surface area contributed by atoms with Crippen LogP contribution < -0.4 is 10.5 Å². The van der Waals surface area contributed by atoms with Crippen LogP contribution in [0.2, 0.25) is 0 Å². The lowest BCUT2D eigenvalue weighted by Crippen LogP contribution is -2.74. The number of aromatic nitrogens is 1. The molecule has 0 radical (unpaired) electrons. The maximum atomic E-state index is 12.8. The summed E-state index contributed by atoms with van der Waals surface area (Å²) in [5.41, 5.74) is 10.8. The zero-order chi connectivity index (χ0) is 21.4. The normalized spacial score (nSPS) is 34.3. The minimum atomic E-state index is -0.955. The SMILES string of the molecule is Nc1ccc2[nH]c3c(c2c1)C[C@@]1(O)C2Cc4ccc(O)c5c4[C@@]1(CCN2CC1CC1)C3O5. The lowest BCUT2D eigenvalue weighted by Gasteiger charge is -2.62. The van der Waals surface area contributed by atoms with Gasteiger partial charge in [0.15, 0.2) is 17.6 Å². The fraction of sp³-hybridized carbons (Fsp3) is 0.462. The molecule has 3 aliphatic carbocycles. The highest BCUT2D eigenvalue weighted by molar-refractivity contribution is 5.88. The van der Waals surface area contributed by atoms with Gasteiger partial charge in [0.25, 0.3) is 0 Å². The van der Waals surface area contributed by atoms with Gasteiger partial charge in [0.2, 0.25) is 0 Å². The van der Waals surface area contributed by atoms with Crippen molar-refractivity contribution >= 4 is 16.6 Å². The topological polar surface area (TPSA) is 94.7 Å². The number of H-pyrrole nitrogens is 1. The molecule has 0 amide bonds. The Morgan fingerprint density at radius 1 is 1.22 bits per heavy atom. The molecule has 5 aliphatic rings. The zero-order valence-electron chi connectivity index (χ0n) is 17.9. The largest absolute Gasteiger partial charge is 0.504 e. The minimum Gasteiger partial charge on any atom is -0.504 e. The van der Waals surface area contributed by atoms with Crippen LogP contribution in [0, 0.1) is 5.92 Å². The van der Waals surface area contributed by atoms with Gasteiger partial charge in [0.1, 0.15) is 0 Å². The molecule has 1 saturated carbocycles. The number of piperidine rings is 1. The Hall–Kier alpha value is -2.70. The van der Waals surface area contributed by atoms with Crippen molar-refractivity contribution in [2.45, 2.75) is 55.3 Å². The van der Waals surface area contributed by atoms with Crippen LogP contribution in [0.3, 0.4) is 0 Å². The Labute approximate surface area is 186 Å². The van der Waals surface area contributed by atoms with Crippen molar-refractivity contribution in [3.8, 4) is 11.5 Å². The Balaban J connectivity index is 1.42. The predicted molar refractivity (Wildman–Crippen MR) is 121 cm³/mol. The number of nitrogens with two attached hydrogens (primary N) is 1. The van der Waals surface area contributed by atoms with Gasteiger partial charge in [0, 0.05) is 41.2 Å². The fourth-order valence-electron chi connectivity index (χ4n) is 7.64. The quantitative estimate of drug-likeness (QED) is 0.470. The van der Waals surface area contributed by atoms with Crippen LogP contribution in [0.1, 0.15) is 47.8 Å². The highest BCUT2D eigenvalue weighted by Crippen LogP contribution is 2.69. The summed E-state index contributed by atoms with van der Waals surface area (Å²) in [6, 6.07) is 9.80. The van der Waals surface area contributed by atoms with Crippen molar-refractivity contribution < 1.29 is 14.9 Å². The van der Waals surface area contributed by atoms with E-state index < -0.39 is 11.0 Å². The van der Waals surface area contributed by atoms with E-state index in [4.69, 9.17) is 10.5 Å². The van der Waals surface area contributed by atoms with Crippen LogP contribution in [0.15, 0.2) is 30.3 Å². The van der Waals surface area contributed by atoms with Gasteiger partial charge in [-0.3, -0.25) is 4.90 Å². The van der Waals surface area contributed by atoms with E-state index in [-0.39, 0.29) is 17.9 Å². The highest BCUT2D eigenvalue weighted by atomic mass is 16.5. The number of likely N-dealkylation sites (tertiary alicyclic amines) is 1. The summed E-state index contributed by atoms with van der Waals surface area (Å²) in [4.78, 5) is 6.17. The Morgan fingerprint density at radius 2 is 2.09 bits per heavy atom. The molecule has 1 saturated heterocycles. The first-order valence-corrected chi connectivity index (χ1v) is 11.9. The Morgan fingerprint density at radius 3 is 2.94 bits per heavy atom. The first-order valence-electron chi connectivity index (χ1n) is 11.9. The second-order valence-corrected chi connectivity index (χ2v) is 10.7. The summed E-state index contributed by atoms with van der Waals surface area (Å²) in [5, 5.41) is 24.6. The molecule has 2 fully saturated rings. The molecule has 1 spiro atoms. The number of anilines is 1. The molecule has 2 aliphatic heterocycles. The monoisotopic (exact) mass is 429 g/mol. The summed E-state index contributed by atoms with van der Waals surface area (Å²) in [7, 11) is 0. The van der Waals surface area contributed by atoms with E-state index >= 15 is 0 Å². The van der Waals surface area contributed by atoms with Crippen molar-refractivity contribution in [2.24, 2.45) is 5.92 Å². The molecular formula is C26H27N3O3. The van der Waals surface area contributed by atoms with Crippen molar-refractivity contribution in [3.63, 3.8) is 0 Å². The minimum absolute atomic E-state index is 0.0464. The number of hydrogen-bond donors (Lipinski definition) is 4. The molecule has 8 rings (SSSR count). The number of hydrogen-bond acceptors (Lipinski definition) is 5. The number of aromatic amines is 1. The molecule has 4 atom stereocenters. The van der Waals surface area contributed by atoms with E-state index in [0.29, 0.717) is 12.2 Å². The van der Waals surface area contributed by atoms with Gasteiger partial charge < -0.3 is 25.7 Å². The average Bonchev–Trinajstić information content (AvgIpc) is 3.41. The number of ether oxygens (including phenoxy) is 1. The molecule has 2 unspecified atom stereocenters. The molecule has 164 valence electrons. The lowest BCUT2D eigenvalue weighted by atomic mass is 9.49. The summed E-state index contributed by atoms with van der Waals surface area (Å²) >= 11 is 0. The van der Waals surface area contributed by atoms with Crippen LogP contribution in [0.25, 0.3) is 10.9 Å². The maximum Gasteiger partial charge on any atom is 0.166 e. The highest BCUT2D eigenvalue weighted by Gasteiger charge is 2.72. The van der Waals surface area contributed by atoms with Crippen LogP contribution in [-0.4, -0.2) is 44.8 Å². The number of aromatic hydroxyl groups is 1.